The van der Waals surface area contributed by atoms with Crippen molar-refractivity contribution in [2.24, 2.45) is 0 Å². The van der Waals surface area contributed by atoms with E-state index in [1.807, 2.05) is 23.4 Å². The van der Waals surface area contributed by atoms with Crippen molar-refractivity contribution in [1.82, 2.24) is 20.0 Å². The van der Waals surface area contributed by atoms with Gasteiger partial charge in [0.05, 0.1) is 11.4 Å². The van der Waals surface area contributed by atoms with Crippen molar-refractivity contribution in [2.75, 3.05) is 19.6 Å². The van der Waals surface area contributed by atoms with Crippen LogP contribution in [0.15, 0.2) is 6.07 Å². The van der Waals surface area contributed by atoms with Gasteiger partial charge in [-0.15, -0.1) is 0 Å². The van der Waals surface area contributed by atoms with Crippen LogP contribution in [0.5, 0.6) is 0 Å². The summed E-state index contributed by atoms with van der Waals surface area (Å²) < 4.78 is 2.03. The van der Waals surface area contributed by atoms with Crippen molar-refractivity contribution < 1.29 is 4.79 Å². The number of carbonyl (C=O) groups is 1. The van der Waals surface area contributed by atoms with Crippen LogP contribution in [0.2, 0.25) is 0 Å². The third-order valence-electron chi connectivity index (χ3n) is 3.51. The molecule has 0 aliphatic heterocycles. The van der Waals surface area contributed by atoms with Crippen LogP contribution in [0.25, 0.3) is 0 Å². The van der Waals surface area contributed by atoms with E-state index in [1.165, 1.54) is 5.69 Å². The Balaban J connectivity index is 2.37. The highest BCUT2D eigenvalue weighted by molar-refractivity contribution is 5.76. The molecule has 114 valence electrons. The molecule has 0 aliphatic carbocycles. The van der Waals surface area contributed by atoms with E-state index in [-0.39, 0.29) is 5.91 Å². The summed E-state index contributed by atoms with van der Waals surface area (Å²) in [5.41, 5.74) is 2.32. The molecule has 0 spiro atoms. The summed E-state index contributed by atoms with van der Waals surface area (Å²) >= 11 is 0. The minimum absolute atomic E-state index is 0.223. The summed E-state index contributed by atoms with van der Waals surface area (Å²) in [4.78, 5) is 13.7. The van der Waals surface area contributed by atoms with Gasteiger partial charge >= 0.3 is 0 Å². The normalized spacial score (nSPS) is 10.8. The van der Waals surface area contributed by atoms with Gasteiger partial charge in [0.1, 0.15) is 0 Å². The van der Waals surface area contributed by atoms with E-state index in [4.69, 9.17) is 0 Å². The number of hydrogen-bond acceptors (Lipinski definition) is 3. The van der Waals surface area contributed by atoms with E-state index in [2.05, 4.69) is 30.3 Å². The fourth-order valence-corrected chi connectivity index (χ4v) is 2.25. The first kappa shape index (κ1) is 16.7. The van der Waals surface area contributed by atoms with E-state index in [0.29, 0.717) is 13.0 Å². The molecular formula is C15H28N4O. The first-order valence-electron chi connectivity index (χ1n) is 7.70. The van der Waals surface area contributed by atoms with E-state index in [9.17, 15) is 4.79 Å². The Labute approximate surface area is 122 Å². The summed E-state index contributed by atoms with van der Waals surface area (Å²) in [5.74, 6) is 0.223. The lowest BCUT2D eigenvalue weighted by Crippen LogP contribution is -2.32. The molecular weight excluding hydrogens is 252 g/mol. The molecule has 1 aromatic rings. The SMILES string of the molecule is CCc1cc(CNCCC(=O)N(CC)CC)n(CC)n1. The number of carbonyl (C=O) groups excluding carboxylic acids is 1. The standard InChI is InChI=1S/C15H28N4O/c1-5-13-11-14(19(8-4)17-13)12-16-10-9-15(20)18(6-2)7-3/h11,16H,5-10,12H2,1-4H3. The predicted molar refractivity (Wildman–Crippen MR) is 81.5 cm³/mol. The lowest BCUT2D eigenvalue weighted by molar-refractivity contribution is -0.130. The zero-order valence-electron chi connectivity index (χ0n) is 13.3. The third kappa shape index (κ3) is 4.63. The van der Waals surface area contributed by atoms with Crippen LogP contribution in [-0.2, 0) is 24.3 Å². The van der Waals surface area contributed by atoms with Gasteiger partial charge in [-0.3, -0.25) is 9.48 Å². The maximum Gasteiger partial charge on any atom is 0.223 e. The fourth-order valence-electron chi connectivity index (χ4n) is 2.25. The molecule has 20 heavy (non-hydrogen) atoms. The first-order chi connectivity index (χ1) is 9.65. The highest BCUT2D eigenvalue weighted by Crippen LogP contribution is 2.05. The minimum Gasteiger partial charge on any atom is -0.343 e. The lowest BCUT2D eigenvalue weighted by atomic mass is 10.3. The van der Waals surface area contributed by atoms with Crippen molar-refractivity contribution in [3.05, 3.63) is 17.5 Å². The van der Waals surface area contributed by atoms with Crippen LogP contribution < -0.4 is 5.32 Å². The molecule has 0 unspecified atom stereocenters. The van der Waals surface area contributed by atoms with Gasteiger partial charge in [-0.2, -0.15) is 5.10 Å². The molecule has 0 fully saturated rings. The zero-order chi connectivity index (χ0) is 15.0. The Kier molecular flexibility index (Phi) is 7.30. The van der Waals surface area contributed by atoms with Gasteiger partial charge in [0.2, 0.25) is 5.91 Å². The summed E-state index contributed by atoms with van der Waals surface area (Å²) in [6.07, 6.45) is 1.52. The Hall–Kier alpha value is -1.36. The molecule has 1 rings (SSSR count). The van der Waals surface area contributed by atoms with Gasteiger partial charge in [0, 0.05) is 39.1 Å². The Morgan fingerprint density at radius 2 is 2.00 bits per heavy atom. The molecule has 0 aliphatic rings. The summed E-state index contributed by atoms with van der Waals surface area (Å²) in [7, 11) is 0. The summed E-state index contributed by atoms with van der Waals surface area (Å²) in [6, 6.07) is 2.14. The van der Waals surface area contributed by atoms with Crippen LogP contribution in [0.3, 0.4) is 0 Å². The van der Waals surface area contributed by atoms with Crippen molar-refractivity contribution in [2.45, 2.75) is 53.6 Å². The van der Waals surface area contributed by atoms with E-state index < -0.39 is 0 Å². The highest BCUT2D eigenvalue weighted by Gasteiger charge is 2.09. The van der Waals surface area contributed by atoms with Crippen LogP contribution in [0, 0.1) is 0 Å². The Morgan fingerprint density at radius 3 is 2.55 bits per heavy atom. The van der Waals surface area contributed by atoms with Crippen molar-refractivity contribution in [1.29, 1.82) is 0 Å². The van der Waals surface area contributed by atoms with Crippen molar-refractivity contribution in [3.63, 3.8) is 0 Å². The quantitative estimate of drug-likeness (QED) is 0.702. The Morgan fingerprint density at radius 1 is 1.30 bits per heavy atom. The third-order valence-corrected chi connectivity index (χ3v) is 3.51. The average molecular weight is 280 g/mol. The zero-order valence-corrected chi connectivity index (χ0v) is 13.3. The maximum atomic E-state index is 11.9. The van der Waals surface area contributed by atoms with E-state index >= 15 is 0 Å². The highest BCUT2D eigenvalue weighted by atomic mass is 16.2. The number of hydrogen-bond donors (Lipinski definition) is 1. The van der Waals surface area contributed by atoms with Gasteiger partial charge in [-0.25, -0.2) is 0 Å². The van der Waals surface area contributed by atoms with Gasteiger partial charge in [-0.05, 0) is 33.3 Å². The van der Waals surface area contributed by atoms with Crippen LogP contribution in [0.4, 0.5) is 0 Å². The largest absolute Gasteiger partial charge is 0.343 e. The van der Waals surface area contributed by atoms with Crippen LogP contribution in [0.1, 0.15) is 45.5 Å². The number of amides is 1. The van der Waals surface area contributed by atoms with Gasteiger partial charge in [0.15, 0.2) is 0 Å². The Bertz CT molecular complexity index is 410. The molecule has 0 saturated carbocycles. The summed E-state index contributed by atoms with van der Waals surface area (Å²) in [6.45, 7) is 12.2. The number of nitrogens with zero attached hydrogens (tertiary/aromatic N) is 3. The molecule has 0 bridgehead atoms. The van der Waals surface area contributed by atoms with Crippen LogP contribution in [-0.4, -0.2) is 40.2 Å². The van der Waals surface area contributed by atoms with Crippen molar-refractivity contribution >= 4 is 5.91 Å². The van der Waals surface area contributed by atoms with E-state index in [1.54, 1.807) is 0 Å². The molecule has 1 N–H and O–H groups in total. The predicted octanol–water partition coefficient (Wildman–Crippen LogP) is 1.81. The van der Waals surface area contributed by atoms with Crippen molar-refractivity contribution in [3.8, 4) is 0 Å². The van der Waals surface area contributed by atoms with Gasteiger partial charge in [-0.1, -0.05) is 6.92 Å². The first-order valence-corrected chi connectivity index (χ1v) is 7.70. The number of aromatic nitrogens is 2. The number of rotatable bonds is 9. The number of aryl methyl sites for hydroxylation is 2. The topological polar surface area (TPSA) is 50.2 Å². The van der Waals surface area contributed by atoms with Gasteiger partial charge in [0.25, 0.3) is 0 Å². The lowest BCUT2D eigenvalue weighted by Gasteiger charge is -2.18. The van der Waals surface area contributed by atoms with E-state index in [0.717, 1.165) is 38.3 Å². The second kappa shape index (κ2) is 8.74. The molecule has 1 aromatic heterocycles. The molecule has 1 amide bonds. The fraction of sp³-hybridized carbons (Fsp3) is 0.733. The minimum atomic E-state index is 0.223. The molecule has 5 nitrogen and oxygen atoms in total. The second-order valence-corrected chi connectivity index (χ2v) is 4.79. The molecule has 1 heterocycles. The average Bonchev–Trinajstić information content (AvgIpc) is 2.87. The molecule has 0 saturated heterocycles. The molecule has 5 heteroatoms. The molecule has 0 atom stereocenters. The number of nitrogens with one attached hydrogen (secondary N) is 1. The molecule has 0 aromatic carbocycles. The smallest absolute Gasteiger partial charge is 0.223 e. The summed E-state index contributed by atoms with van der Waals surface area (Å²) in [5, 5.41) is 7.86. The maximum absolute atomic E-state index is 11.9. The van der Waals surface area contributed by atoms with Gasteiger partial charge < -0.3 is 10.2 Å². The molecule has 0 radical (unpaired) electrons. The monoisotopic (exact) mass is 280 g/mol. The van der Waals surface area contributed by atoms with Crippen LogP contribution >= 0.6 is 0 Å². The second-order valence-electron chi connectivity index (χ2n) is 4.79.